The van der Waals surface area contributed by atoms with Gasteiger partial charge in [0.1, 0.15) is 53.5 Å². The minimum Gasteiger partial charge on any atom is -0.508 e. The first kappa shape index (κ1) is 23.6. The fraction of sp³-hybridized carbons (Fsp3) is 0.478. The summed E-state index contributed by atoms with van der Waals surface area (Å²) in [5.74, 6) is 1.13. The van der Waals surface area contributed by atoms with Gasteiger partial charge in [-0.1, -0.05) is 12.1 Å². The maximum atomic E-state index is 11.4. The molecule has 33 heavy (non-hydrogen) atoms. The lowest BCUT2D eigenvalue weighted by Crippen LogP contribution is -2.58. The van der Waals surface area contributed by atoms with E-state index < -0.39 is 49.0 Å². The summed E-state index contributed by atoms with van der Waals surface area (Å²) < 4.78 is 28.5. The van der Waals surface area contributed by atoms with Crippen LogP contribution in [0.15, 0.2) is 36.4 Å². The zero-order valence-electron chi connectivity index (χ0n) is 18.4. The van der Waals surface area contributed by atoms with Crippen LogP contribution in [-0.4, -0.2) is 76.6 Å². The van der Waals surface area contributed by atoms with Gasteiger partial charge in [0.05, 0.1) is 25.9 Å². The van der Waals surface area contributed by atoms with Crippen LogP contribution in [0.2, 0.25) is 0 Å². The number of rotatable bonds is 5. The SMILES string of the molecule is COc1cc(OC)c2c(c1)OC(c1ccc(O)cc1)C(O[C@@H]1O[C@@H](C)[C@H](O)[C@@H](O)[C@H]1O)C2O. The highest BCUT2D eigenvalue weighted by Crippen LogP contribution is 2.49. The third-order valence-electron chi connectivity index (χ3n) is 6.01. The molecule has 2 aromatic carbocycles. The van der Waals surface area contributed by atoms with E-state index in [0.717, 1.165) is 0 Å². The molecule has 0 radical (unpaired) electrons. The van der Waals surface area contributed by atoms with Gasteiger partial charge in [0, 0.05) is 12.1 Å². The molecular formula is C23H28O10. The lowest BCUT2D eigenvalue weighted by molar-refractivity contribution is -0.319. The van der Waals surface area contributed by atoms with Gasteiger partial charge in [-0.05, 0) is 24.6 Å². The van der Waals surface area contributed by atoms with E-state index in [0.29, 0.717) is 28.4 Å². The quantitative estimate of drug-likeness (QED) is 0.430. The molecule has 5 N–H and O–H groups in total. The molecule has 0 aromatic heterocycles. The van der Waals surface area contributed by atoms with Crippen molar-refractivity contribution in [3.05, 3.63) is 47.5 Å². The van der Waals surface area contributed by atoms with E-state index in [4.69, 9.17) is 23.7 Å². The summed E-state index contributed by atoms with van der Waals surface area (Å²) >= 11 is 0. The predicted molar refractivity (Wildman–Crippen MR) is 113 cm³/mol. The van der Waals surface area contributed by atoms with Crippen LogP contribution in [0.25, 0.3) is 0 Å². The van der Waals surface area contributed by atoms with Gasteiger partial charge in [0.2, 0.25) is 0 Å². The van der Waals surface area contributed by atoms with Crippen molar-refractivity contribution in [3.63, 3.8) is 0 Å². The molecule has 2 aromatic rings. The number of benzene rings is 2. The third-order valence-corrected chi connectivity index (χ3v) is 6.01. The standard InChI is InChI=1S/C23H28O10/c1-10-17(25)19(27)20(28)23(31-10)33-22-18(26)16-14(30-3)8-13(29-2)9-15(16)32-21(22)11-4-6-12(24)7-5-11/h4-10,17-28H,1-3H3/t10-,17-,18?,19+,20+,21?,22?,23-/m0/s1. The lowest BCUT2D eigenvalue weighted by Gasteiger charge is -2.44. The van der Waals surface area contributed by atoms with Crippen molar-refractivity contribution in [2.45, 2.75) is 55.9 Å². The van der Waals surface area contributed by atoms with E-state index in [2.05, 4.69) is 0 Å². The normalized spacial score (nSPS) is 33.7. The van der Waals surface area contributed by atoms with E-state index in [1.165, 1.54) is 33.3 Å². The van der Waals surface area contributed by atoms with Crippen LogP contribution in [0.1, 0.15) is 30.3 Å². The van der Waals surface area contributed by atoms with E-state index in [-0.39, 0.29) is 5.75 Å². The zero-order valence-corrected chi connectivity index (χ0v) is 18.4. The number of phenols is 1. The number of aromatic hydroxyl groups is 1. The first-order valence-corrected chi connectivity index (χ1v) is 10.5. The molecule has 0 saturated carbocycles. The highest BCUT2D eigenvalue weighted by atomic mass is 16.7. The van der Waals surface area contributed by atoms with Gasteiger partial charge in [0.25, 0.3) is 0 Å². The van der Waals surface area contributed by atoms with Crippen LogP contribution >= 0.6 is 0 Å². The van der Waals surface area contributed by atoms with E-state index in [9.17, 15) is 25.5 Å². The predicted octanol–water partition coefficient (Wildman–Crippen LogP) is 0.789. The van der Waals surface area contributed by atoms with Gasteiger partial charge in [0.15, 0.2) is 12.4 Å². The molecule has 1 fully saturated rings. The van der Waals surface area contributed by atoms with Crippen molar-refractivity contribution in [2.75, 3.05) is 14.2 Å². The van der Waals surface area contributed by atoms with Crippen LogP contribution in [0, 0.1) is 0 Å². The van der Waals surface area contributed by atoms with Crippen molar-refractivity contribution < 1.29 is 49.2 Å². The van der Waals surface area contributed by atoms with Crippen LogP contribution in [0.4, 0.5) is 0 Å². The second kappa shape index (κ2) is 9.34. The van der Waals surface area contributed by atoms with Crippen molar-refractivity contribution in [3.8, 4) is 23.0 Å². The van der Waals surface area contributed by atoms with Crippen molar-refractivity contribution in [1.82, 2.24) is 0 Å². The first-order valence-electron chi connectivity index (χ1n) is 10.5. The molecule has 10 nitrogen and oxygen atoms in total. The fourth-order valence-corrected chi connectivity index (χ4v) is 4.13. The molecule has 4 rings (SSSR count). The smallest absolute Gasteiger partial charge is 0.187 e. The molecule has 1 saturated heterocycles. The molecular weight excluding hydrogens is 436 g/mol. The Morgan fingerprint density at radius 1 is 0.879 bits per heavy atom. The molecule has 180 valence electrons. The summed E-state index contributed by atoms with van der Waals surface area (Å²) in [7, 11) is 2.93. The Balaban J connectivity index is 1.75. The van der Waals surface area contributed by atoms with E-state index in [1.54, 1.807) is 24.3 Å². The van der Waals surface area contributed by atoms with Gasteiger partial charge >= 0.3 is 0 Å². The monoisotopic (exact) mass is 464 g/mol. The number of aliphatic hydroxyl groups is 4. The van der Waals surface area contributed by atoms with Gasteiger partial charge in [-0.2, -0.15) is 0 Å². The Kier molecular flexibility index (Phi) is 6.66. The molecule has 0 amide bonds. The average molecular weight is 464 g/mol. The Hall–Kier alpha value is -2.60. The lowest BCUT2D eigenvalue weighted by atomic mass is 9.90. The topological polar surface area (TPSA) is 147 Å². The third kappa shape index (κ3) is 4.33. The summed E-state index contributed by atoms with van der Waals surface area (Å²) in [6, 6.07) is 9.38. The van der Waals surface area contributed by atoms with Crippen molar-refractivity contribution in [2.24, 2.45) is 0 Å². The number of hydrogen-bond acceptors (Lipinski definition) is 10. The molecule has 10 heteroatoms. The molecule has 2 heterocycles. The minimum atomic E-state index is -1.57. The Bertz CT molecular complexity index is 964. The summed E-state index contributed by atoms with van der Waals surface area (Å²) in [4.78, 5) is 0. The molecule has 0 spiro atoms. The largest absolute Gasteiger partial charge is 0.508 e. The number of methoxy groups -OCH3 is 2. The highest BCUT2D eigenvalue weighted by molar-refractivity contribution is 5.54. The second-order valence-electron chi connectivity index (χ2n) is 8.10. The average Bonchev–Trinajstić information content (AvgIpc) is 2.82. The molecule has 3 unspecified atom stereocenters. The Labute approximate surface area is 190 Å². The molecule has 2 aliphatic rings. The summed E-state index contributed by atoms with van der Waals surface area (Å²) in [6.07, 6.45) is -9.84. The minimum absolute atomic E-state index is 0.0493. The Morgan fingerprint density at radius 3 is 2.21 bits per heavy atom. The summed E-state index contributed by atoms with van der Waals surface area (Å²) in [5, 5.41) is 51.6. The zero-order chi connectivity index (χ0) is 23.9. The second-order valence-corrected chi connectivity index (χ2v) is 8.10. The van der Waals surface area contributed by atoms with Crippen LogP contribution in [0.5, 0.6) is 23.0 Å². The highest BCUT2D eigenvalue weighted by Gasteiger charge is 2.48. The van der Waals surface area contributed by atoms with Crippen LogP contribution in [0.3, 0.4) is 0 Å². The van der Waals surface area contributed by atoms with Crippen molar-refractivity contribution >= 4 is 0 Å². The molecule has 0 bridgehead atoms. The van der Waals surface area contributed by atoms with Gasteiger partial charge < -0.3 is 49.2 Å². The molecule has 2 aliphatic heterocycles. The number of aliphatic hydroxyl groups excluding tert-OH is 4. The van der Waals surface area contributed by atoms with Gasteiger partial charge in [-0.25, -0.2) is 0 Å². The summed E-state index contributed by atoms with van der Waals surface area (Å²) in [6.45, 7) is 1.53. The Morgan fingerprint density at radius 2 is 1.58 bits per heavy atom. The van der Waals surface area contributed by atoms with Crippen LogP contribution in [-0.2, 0) is 9.47 Å². The number of hydrogen-bond donors (Lipinski definition) is 5. The number of phenolic OH excluding ortho intramolecular Hbond substituents is 1. The number of ether oxygens (including phenoxy) is 5. The number of fused-ring (bicyclic) bond motifs is 1. The fourth-order valence-electron chi connectivity index (χ4n) is 4.13. The molecule has 0 aliphatic carbocycles. The van der Waals surface area contributed by atoms with Gasteiger partial charge in [-0.15, -0.1) is 0 Å². The maximum absolute atomic E-state index is 11.4. The first-order chi connectivity index (χ1) is 15.7. The van der Waals surface area contributed by atoms with E-state index >= 15 is 0 Å². The van der Waals surface area contributed by atoms with Gasteiger partial charge in [-0.3, -0.25) is 0 Å². The van der Waals surface area contributed by atoms with E-state index in [1.807, 2.05) is 0 Å². The summed E-state index contributed by atoms with van der Waals surface area (Å²) in [5.41, 5.74) is 0.889. The molecule has 8 atom stereocenters. The van der Waals surface area contributed by atoms with Crippen LogP contribution < -0.4 is 14.2 Å². The maximum Gasteiger partial charge on any atom is 0.187 e. The van der Waals surface area contributed by atoms with Crippen molar-refractivity contribution in [1.29, 1.82) is 0 Å².